The summed E-state index contributed by atoms with van der Waals surface area (Å²) in [4.78, 5) is 19.0. The van der Waals surface area contributed by atoms with Gasteiger partial charge in [0.2, 0.25) is 0 Å². The molecule has 0 spiro atoms. The number of aliphatic imine (C=N–C) groups is 1. The van der Waals surface area contributed by atoms with E-state index in [4.69, 9.17) is 0 Å². The molecule has 1 aromatic rings. The van der Waals surface area contributed by atoms with Gasteiger partial charge in [-0.15, -0.1) is 0 Å². The topological polar surface area (TPSA) is 32.7 Å². The highest BCUT2D eigenvalue weighted by molar-refractivity contribution is 6.03. The molecule has 3 nitrogen and oxygen atoms in total. The fraction of sp³-hybridized carbons (Fsp3) is 0.529. The molecule has 1 rings (SSSR count). The van der Waals surface area contributed by atoms with Gasteiger partial charge in [0.05, 0.1) is 5.56 Å². The fourth-order valence-corrected chi connectivity index (χ4v) is 2.62. The van der Waals surface area contributed by atoms with Gasteiger partial charge in [0.1, 0.15) is 0 Å². The number of amides is 1. The van der Waals surface area contributed by atoms with E-state index in [-0.39, 0.29) is 18.0 Å². The lowest BCUT2D eigenvalue weighted by atomic mass is 9.97. The summed E-state index contributed by atoms with van der Waals surface area (Å²) in [6, 6.07) is 6.33. The summed E-state index contributed by atoms with van der Waals surface area (Å²) in [6.45, 7) is 10.3. The number of carbonyl (C=O) groups is 1. The molecule has 20 heavy (non-hydrogen) atoms. The van der Waals surface area contributed by atoms with Gasteiger partial charge in [0, 0.05) is 30.9 Å². The predicted octanol–water partition coefficient (Wildman–Crippen LogP) is 3.56. The molecule has 3 heteroatoms. The van der Waals surface area contributed by atoms with Gasteiger partial charge in [-0.3, -0.25) is 9.79 Å². The zero-order valence-corrected chi connectivity index (χ0v) is 13.5. The molecule has 0 saturated heterocycles. The van der Waals surface area contributed by atoms with Gasteiger partial charge in [-0.1, -0.05) is 25.1 Å². The number of hydrogen-bond acceptors (Lipinski definition) is 2. The van der Waals surface area contributed by atoms with Crippen LogP contribution < -0.4 is 0 Å². The minimum absolute atomic E-state index is 0.0994. The zero-order valence-electron chi connectivity index (χ0n) is 13.5. The maximum absolute atomic E-state index is 13.0. The quantitative estimate of drug-likeness (QED) is 0.756. The molecule has 0 fully saturated rings. The Kier molecular flexibility index (Phi) is 5.93. The highest BCUT2D eigenvalue weighted by Gasteiger charge is 2.25. The van der Waals surface area contributed by atoms with Crippen molar-refractivity contribution < 1.29 is 4.79 Å². The van der Waals surface area contributed by atoms with E-state index in [1.165, 1.54) is 0 Å². The molecule has 0 aliphatic carbocycles. The van der Waals surface area contributed by atoms with Gasteiger partial charge in [-0.05, 0) is 39.7 Å². The van der Waals surface area contributed by atoms with Crippen LogP contribution in [0.15, 0.2) is 23.2 Å². The first-order chi connectivity index (χ1) is 9.43. The van der Waals surface area contributed by atoms with Crippen LogP contribution in [0.5, 0.6) is 0 Å². The normalized spacial score (nSPS) is 11.6. The molecule has 0 unspecified atom stereocenters. The van der Waals surface area contributed by atoms with E-state index in [2.05, 4.69) is 39.6 Å². The first-order valence-electron chi connectivity index (χ1n) is 7.30. The average molecular weight is 274 g/mol. The largest absolute Gasteiger partial charge is 0.334 e. The molecule has 0 bridgehead atoms. The smallest absolute Gasteiger partial charge is 0.255 e. The summed E-state index contributed by atoms with van der Waals surface area (Å²) in [5.41, 5.74) is 2.78. The summed E-state index contributed by atoms with van der Waals surface area (Å²) in [6.07, 6.45) is 2.61. The molecule has 1 aromatic carbocycles. The molecule has 0 radical (unpaired) electrons. The van der Waals surface area contributed by atoms with Crippen molar-refractivity contribution in [2.24, 2.45) is 4.99 Å². The first kappa shape index (κ1) is 16.4. The molecular formula is C17H26N2O. The van der Waals surface area contributed by atoms with Crippen molar-refractivity contribution in [2.75, 3.05) is 7.05 Å². The fourth-order valence-electron chi connectivity index (χ4n) is 2.62. The van der Waals surface area contributed by atoms with Crippen LogP contribution in [0, 0.1) is 0 Å². The van der Waals surface area contributed by atoms with Crippen LogP contribution >= 0.6 is 0 Å². The van der Waals surface area contributed by atoms with Gasteiger partial charge in [-0.2, -0.15) is 0 Å². The molecular weight excluding hydrogens is 248 g/mol. The average Bonchev–Trinajstić information content (AvgIpc) is 2.37. The van der Waals surface area contributed by atoms with Crippen LogP contribution in [0.2, 0.25) is 0 Å². The minimum Gasteiger partial charge on any atom is -0.334 e. The van der Waals surface area contributed by atoms with E-state index in [1.54, 1.807) is 13.3 Å². The van der Waals surface area contributed by atoms with Gasteiger partial charge in [0.25, 0.3) is 5.91 Å². The first-order valence-corrected chi connectivity index (χ1v) is 7.30. The van der Waals surface area contributed by atoms with Crippen LogP contribution in [0.4, 0.5) is 0 Å². The Morgan fingerprint density at radius 2 is 1.85 bits per heavy atom. The van der Waals surface area contributed by atoms with Crippen molar-refractivity contribution in [3.05, 3.63) is 34.9 Å². The SMILES string of the molecule is CCc1cccc(C=NC)c1C(=O)N(C(C)C)C(C)C. The van der Waals surface area contributed by atoms with Crippen molar-refractivity contribution >= 4 is 12.1 Å². The minimum atomic E-state index is 0.0994. The Hall–Kier alpha value is -1.64. The van der Waals surface area contributed by atoms with Crippen LogP contribution in [-0.2, 0) is 6.42 Å². The molecule has 0 aromatic heterocycles. The number of benzene rings is 1. The highest BCUT2D eigenvalue weighted by Crippen LogP contribution is 2.20. The molecule has 0 aliphatic heterocycles. The van der Waals surface area contributed by atoms with E-state index >= 15 is 0 Å². The van der Waals surface area contributed by atoms with E-state index in [0.29, 0.717) is 0 Å². The summed E-state index contributed by atoms with van der Waals surface area (Å²) in [7, 11) is 1.73. The van der Waals surface area contributed by atoms with Crippen LogP contribution in [-0.4, -0.2) is 36.2 Å². The molecule has 110 valence electrons. The van der Waals surface area contributed by atoms with Gasteiger partial charge in [0.15, 0.2) is 0 Å². The van der Waals surface area contributed by atoms with Crippen LogP contribution in [0.1, 0.15) is 56.1 Å². The van der Waals surface area contributed by atoms with Gasteiger partial charge in [-0.25, -0.2) is 0 Å². The number of carbonyl (C=O) groups excluding carboxylic acids is 1. The third-order valence-corrected chi connectivity index (χ3v) is 3.39. The lowest BCUT2D eigenvalue weighted by molar-refractivity contribution is 0.0642. The number of nitrogens with zero attached hydrogens (tertiary/aromatic N) is 2. The van der Waals surface area contributed by atoms with Crippen molar-refractivity contribution in [3.8, 4) is 0 Å². The predicted molar refractivity (Wildman–Crippen MR) is 85.8 cm³/mol. The lowest BCUT2D eigenvalue weighted by Gasteiger charge is -2.32. The standard InChI is InChI=1S/C17H26N2O/c1-7-14-9-8-10-15(11-18-6)16(14)17(20)19(12(2)3)13(4)5/h8-13H,7H2,1-6H3. The summed E-state index contributed by atoms with van der Waals surface area (Å²) in [5.74, 6) is 0.0994. The number of rotatable bonds is 5. The van der Waals surface area contributed by atoms with E-state index in [0.717, 1.165) is 23.1 Å². The van der Waals surface area contributed by atoms with E-state index < -0.39 is 0 Å². The monoisotopic (exact) mass is 274 g/mol. The van der Waals surface area contributed by atoms with Crippen molar-refractivity contribution in [3.63, 3.8) is 0 Å². The maximum Gasteiger partial charge on any atom is 0.255 e. The van der Waals surface area contributed by atoms with Crippen LogP contribution in [0.3, 0.4) is 0 Å². The van der Waals surface area contributed by atoms with Gasteiger partial charge >= 0.3 is 0 Å². The van der Waals surface area contributed by atoms with Crippen molar-refractivity contribution in [2.45, 2.75) is 53.1 Å². The maximum atomic E-state index is 13.0. The Morgan fingerprint density at radius 1 is 1.25 bits per heavy atom. The number of aryl methyl sites for hydroxylation is 1. The second-order valence-electron chi connectivity index (χ2n) is 5.52. The Bertz CT molecular complexity index is 482. The Labute approximate surface area is 122 Å². The second kappa shape index (κ2) is 7.22. The lowest BCUT2D eigenvalue weighted by Crippen LogP contribution is -2.42. The Balaban J connectivity index is 3.39. The molecule has 0 heterocycles. The van der Waals surface area contributed by atoms with Gasteiger partial charge < -0.3 is 4.90 Å². The summed E-state index contributed by atoms with van der Waals surface area (Å²) in [5, 5.41) is 0. The third kappa shape index (κ3) is 3.47. The van der Waals surface area contributed by atoms with Crippen LogP contribution in [0.25, 0.3) is 0 Å². The number of hydrogen-bond donors (Lipinski definition) is 0. The molecule has 0 saturated carbocycles. The summed E-state index contributed by atoms with van der Waals surface area (Å²) < 4.78 is 0. The molecule has 0 N–H and O–H groups in total. The van der Waals surface area contributed by atoms with E-state index in [9.17, 15) is 4.79 Å². The van der Waals surface area contributed by atoms with Crippen molar-refractivity contribution in [1.29, 1.82) is 0 Å². The second-order valence-corrected chi connectivity index (χ2v) is 5.52. The summed E-state index contributed by atoms with van der Waals surface area (Å²) >= 11 is 0. The third-order valence-electron chi connectivity index (χ3n) is 3.39. The molecule has 0 aliphatic rings. The van der Waals surface area contributed by atoms with E-state index in [1.807, 2.05) is 23.1 Å². The highest BCUT2D eigenvalue weighted by atomic mass is 16.2. The Morgan fingerprint density at radius 3 is 2.30 bits per heavy atom. The molecule has 1 amide bonds. The van der Waals surface area contributed by atoms with Crippen molar-refractivity contribution in [1.82, 2.24) is 4.90 Å². The zero-order chi connectivity index (χ0) is 15.3. The molecule has 0 atom stereocenters.